The Bertz CT molecular complexity index is 574. The van der Waals surface area contributed by atoms with Gasteiger partial charge in [-0.25, -0.2) is 8.42 Å². The van der Waals surface area contributed by atoms with Gasteiger partial charge in [0, 0.05) is 18.2 Å². The van der Waals surface area contributed by atoms with Crippen LogP contribution in [0.3, 0.4) is 0 Å². The molecule has 0 spiro atoms. The van der Waals surface area contributed by atoms with E-state index < -0.39 is 10.0 Å². The zero-order valence-corrected chi connectivity index (χ0v) is 10.6. The summed E-state index contributed by atoms with van der Waals surface area (Å²) in [5.74, 6) is 0.929. The van der Waals surface area contributed by atoms with E-state index in [9.17, 15) is 8.42 Å². The molecule has 0 aromatic heterocycles. The highest BCUT2D eigenvalue weighted by Gasteiger charge is 2.51. The number of nitrogens with zero attached hydrogens (tertiary/aromatic N) is 1. The van der Waals surface area contributed by atoms with Crippen LogP contribution >= 0.6 is 0 Å². The van der Waals surface area contributed by atoms with E-state index in [-0.39, 0.29) is 0 Å². The predicted octanol–water partition coefficient (Wildman–Crippen LogP) is 2.15. The van der Waals surface area contributed by atoms with E-state index in [0.29, 0.717) is 23.3 Å². The third kappa shape index (κ3) is 1.59. The van der Waals surface area contributed by atoms with E-state index in [1.165, 1.54) is 4.31 Å². The van der Waals surface area contributed by atoms with E-state index in [2.05, 4.69) is 6.58 Å². The molecule has 0 amide bonds. The van der Waals surface area contributed by atoms with E-state index >= 15 is 0 Å². The van der Waals surface area contributed by atoms with Crippen LogP contribution in [0.25, 0.3) is 0 Å². The van der Waals surface area contributed by atoms with Gasteiger partial charge in [-0.15, -0.1) is 0 Å². The monoisotopic (exact) mass is 249 g/mol. The second-order valence-corrected chi connectivity index (χ2v) is 6.81. The van der Waals surface area contributed by atoms with Crippen LogP contribution < -0.4 is 0 Å². The van der Waals surface area contributed by atoms with E-state index in [0.717, 1.165) is 17.7 Å². The van der Waals surface area contributed by atoms with Crippen molar-refractivity contribution in [1.82, 2.24) is 4.31 Å². The number of benzene rings is 1. The molecular weight excluding hydrogens is 234 g/mol. The van der Waals surface area contributed by atoms with Gasteiger partial charge in [-0.05, 0) is 31.4 Å². The zero-order valence-electron chi connectivity index (χ0n) is 9.76. The lowest BCUT2D eigenvalue weighted by Gasteiger charge is -2.21. The Morgan fingerprint density at radius 1 is 1.29 bits per heavy atom. The maximum Gasteiger partial charge on any atom is 0.264 e. The van der Waals surface area contributed by atoms with Crippen LogP contribution in [0.1, 0.15) is 12.0 Å². The van der Waals surface area contributed by atoms with Gasteiger partial charge in [0.25, 0.3) is 10.0 Å². The summed E-state index contributed by atoms with van der Waals surface area (Å²) in [6, 6.07) is 6.99. The largest absolute Gasteiger partial charge is 0.270 e. The van der Waals surface area contributed by atoms with Crippen LogP contribution in [0.5, 0.6) is 0 Å². The lowest BCUT2D eigenvalue weighted by atomic mass is 10.2. The average Bonchev–Trinajstić information content (AvgIpc) is 2.98. The maximum absolute atomic E-state index is 12.4. The molecule has 1 saturated heterocycles. The number of sulfonamides is 1. The molecule has 3 nitrogen and oxygen atoms in total. The number of aryl methyl sites for hydroxylation is 1. The quantitative estimate of drug-likeness (QED) is 0.805. The maximum atomic E-state index is 12.4. The normalized spacial score (nSPS) is 27.1. The molecule has 0 bridgehead atoms. The van der Waals surface area contributed by atoms with Gasteiger partial charge in [-0.2, -0.15) is 0 Å². The van der Waals surface area contributed by atoms with E-state index in [1.54, 1.807) is 12.1 Å². The molecule has 17 heavy (non-hydrogen) atoms. The standard InChI is InChI=1S/C13H15NO2S/c1-9-3-5-12(6-4-9)17(15,16)14-8-11-7-13(11)10(14)2/h3-6,11,13H,2,7-8H2,1H3/t11-,13+/m1/s1. The Labute approximate surface area is 102 Å². The number of piperidine rings is 1. The third-order valence-electron chi connectivity index (χ3n) is 3.68. The molecule has 2 atom stereocenters. The second kappa shape index (κ2) is 3.35. The Balaban J connectivity index is 1.96. The molecule has 90 valence electrons. The fraction of sp³-hybridized carbons (Fsp3) is 0.385. The highest BCUT2D eigenvalue weighted by atomic mass is 32.2. The number of allylic oxidation sites excluding steroid dienone is 1. The van der Waals surface area contributed by atoms with E-state index in [1.807, 2.05) is 19.1 Å². The lowest BCUT2D eigenvalue weighted by molar-refractivity contribution is 0.487. The summed E-state index contributed by atoms with van der Waals surface area (Å²) in [5, 5.41) is 0. The van der Waals surface area contributed by atoms with Gasteiger partial charge in [0.05, 0.1) is 4.90 Å². The third-order valence-corrected chi connectivity index (χ3v) is 5.51. The highest BCUT2D eigenvalue weighted by Crippen LogP contribution is 2.52. The molecule has 0 N–H and O–H groups in total. The molecule has 2 aliphatic rings. The number of hydrogen-bond donors (Lipinski definition) is 0. The lowest BCUT2D eigenvalue weighted by Crippen LogP contribution is -2.28. The minimum absolute atomic E-state index is 0.366. The van der Waals surface area contributed by atoms with Crippen molar-refractivity contribution < 1.29 is 8.42 Å². The molecule has 1 aromatic carbocycles. The first-order chi connectivity index (χ1) is 8.00. The first-order valence-electron chi connectivity index (χ1n) is 5.78. The van der Waals surface area contributed by atoms with E-state index in [4.69, 9.17) is 0 Å². The Morgan fingerprint density at radius 2 is 1.94 bits per heavy atom. The summed E-state index contributed by atoms with van der Waals surface area (Å²) in [6.45, 7) is 6.47. The summed E-state index contributed by atoms with van der Waals surface area (Å²) in [6.07, 6.45) is 1.11. The fourth-order valence-corrected chi connectivity index (χ4v) is 4.03. The molecule has 1 aromatic rings. The van der Waals surface area contributed by atoms with Crippen molar-refractivity contribution in [3.8, 4) is 0 Å². The molecule has 1 heterocycles. The van der Waals surface area contributed by atoms with Gasteiger partial charge in [0.1, 0.15) is 0 Å². The topological polar surface area (TPSA) is 37.4 Å². The number of fused-ring (bicyclic) bond motifs is 1. The van der Waals surface area contributed by atoms with Crippen LogP contribution in [0, 0.1) is 18.8 Å². The van der Waals surface area contributed by atoms with Crippen LogP contribution in [0.15, 0.2) is 41.4 Å². The van der Waals surface area contributed by atoms with Crippen molar-refractivity contribution in [3.63, 3.8) is 0 Å². The molecule has 1 aliphatic heterocycles. The SMILES string of the molecule is C=C1[C@@H]2C[C@@H]2CN1S(=O)(=O)c1ccc(C)cc1. The van der Waals surface area contributed by atoms with Gasteiger partial charge in [-0.1, -0.05) is 24.3 Å². The Kier molecular flexibility index (Phi) is 2.14. The molecule has 3 rings (SSSR count). The van der Waals surface area contributed by atoms with Crippen molar-refractivity contribution in [2.45, 2.75) is 18.2 Å². The molecule has 1 aliphatic carbocycles. The second-order valence-electron chi connectivity index (χ2n) is 4.94. The average molecular weight is 249 g/mol. The zero-order chi connectivity index (χ0) is 12.2. The van der Waals surface area contributed by atoms with Crippen molar-refractivity contribution in [3.05, 3.63) is 42.1 Å². The molecule has 1 saturated carbocycles. The highest BCUT2D eigenvalue weighted by molar-refractivity contribution is 7.89. The van der Waals surface area contributed by atoms with Crippen molar-refractivity contribution in [2.75, 3.05) is 6.54 Å². The van der Waals surface area contributed by atoms with Gasteiger partial charge in [0.2, 0.25) is 0 Å². The van der Waals surface area contributed by atoms with Gasteiger partial charge >= 0.3 is 0 Å². The Hall–Kier alpha value is -1.29. The first-order valence-corrected chi connectivity index (χ1v) is 7.22. The van der Waals surface area contributed by atoms with Crippen molar-refractivity contribution in [1.29, 1.82) is 0 Å². The molecule has 4 heteroatoms. The van der Waals surface area contributed by atoms with Gasteiger partial charge in [0.15, 0.2) is 0 Å². The molecule has 0 radical (unpaired) electrons. The molecule has 2 fully saturated rings. The smallest absolute Gasteiger partial charge is 0.264 e. The minimum Gasteiger partial charge on any atom is -0.270 e. The summed E-state index contributed by atoms with van der Waals surface area (Å²) < 4.78 is 26.3. The fourth-order valence-electron chi connectivity index (χ4n) is 2.46. The summed E-state index contributed by atoms with van der Waals surface area (Å²) in [7, 11) is -3.37. The van der Waals surface area contributed by atoms with Crippen LogP contribution in [0.4, 0.5) is 0 Å². The number of rotatable bonds is 2. The van der Waals surface area contributed by atoms with Crippen LogP contribution in [-0.4, -0.2) is 19.3 Å². The summed E-state index contributed by atoms with van der Waals surface area (Å²) in [5.41, 5.74) is 1.84. The van der Waals surface area contributed by atoms with Gasteiger partial charge < -0.3 is 0 Å². The molecular formula is C13H15NO2S. The summed E-state index contributed by atoms with van der Waals surface area (Å²) >= 11 is 0. The van der Waals surface area contributed by atoms with Crippen molar-refractivity contribution >= 4 is 10.0 Å². The number of hydrogen-bond acceptors (Lipinski definition) is 2. The first kappa shape index (κ1) is 10.8. The van der Waals surface area contributed by atoms with Gasteiger partial charge in [-0.3, -0.25) is 4.31 Å². The predicted molar refractivity (Wildman–Crippen MR) is 65.8 cm³/mol. The minimum atomic E-state index is -3.37. The van der Waals surface area contributed by atoms with Crippen LogP contribution in [0.2, 0.25) is 0 Å². The Morgan fingerprint density at radius 3 is 2.47 bits per heavy atom. The van der Waals surface area contributed by atoms with Crippen LogP contribution in [-0.2, 0) is 10.0 Å². The summed E-state index contributed by atoms with van der Waals surface area (Å²) in [4.78, 5) is 0.366. The molecule has 0 unspecified atom stereocenters. The van der Waals surface area contributed by atoms with Crippen molar-refractivity contribution in [2.24, 2.45) is 11.8 Å².